The first kappa shape index (κ1) is 11.2. The van der Waals surface area contributed by atoms with Crippen LogP contribution in [0, 0.1) is 0 Å². The number of carboxylic acids is 1. The molecule has 7 heteroatoms. The Bertz CT molecular complexity index is 180. The van der Waals surface area contributed by atoms with Gasteiger partial charge in [-0.2, -0.15) is 0 Å². The van der Waals surface area contributed by atoms with Gasteiger partial charge in [-0.05, 0) is 0 Å². The van der Waals surface area contributed by atoms with Crippen LogP contribution in [-0.2, 0) is 18.7 Å². The molecule has 1 unspecified atom stereocenters. The van der Waals surface area contributed by atoms with Gasteiger partial charge in [0.15, 0.2) is 12.4 Å². The lowest BCUT2D eigenvalue weighted by molar-refractivity contribution is -0.138. The van der Waals surface area contributed by atoms with Crippen molar-refractivity contribution < 1.29 is 28.7 Å². The Morgan fingerprint density at radius 1 is 1.33 bits per heavy atom. The zero-order chi connectivity index (χ0) is 9.56. The van der Waals surface area contributed by atoms with Gasteiger partial charge < -0.3 is 5.11 Å². The van der Waals surface area contributed by atoms with Crippen LogP contribution in [0.3, 0.4) is 0 Å². The monoisotopic (exact) mass is 195 g/mol. The highest BCUT2D eigenvalue weighted by Gasteiger charge is 2.15. The van der Waals surface area contributed by atoms with E-state index in [1.807, 2.05) is 0 Å². The van der Waals surface area contributed by atoms with Crippen molar-refractivity contribution in [2.24, 2.45) is 0 Å². The summed E-state index contributed by atoms with van der Waals surface area (Å²) in [5, 5.41) is 8.14. The van der Waals surface area contributed by atoms with Crippen LogP contribution in [0.2, 0.25) is 0 Å². The number of ketones is 1. The number of hydrogen-bond acceptors (Lipinski definition) is 4. The van der Waals surface area contributed by atoms with E-state index in [0.29, 0.717) is 0 Å². The molecule has 6 nitrogen and oxygen atoms in total. The first-order valence-electron chi connectivity index (χ1n) is 3.05. The Kier molecular flexibility index (Phi) is 5.36. The van der Waals surface area contributed by atoms with Gasteiger partial charge in [0.25, 0.3) is 0 Å². The number of Topliss-reactive ketones (excluding diaryl/α,β-unsaturated/α-hetero) is 1. The normalized spacial score (nSPS) is 10.9. The summed E-state index contributed by atoms with van der Waals surface area (Å²) in [6.07, 6.45) is -0.469. The van der Waals surface area contributed by atoms with Crippen LogP contribution >= 0.6 is 8.25 Å². The summed E-state index contributed by atoms with van der Waals surface area (Å²) >= 11 is 0. The third-order valence-electron chi connectivity index (χ3n) is 0.954. The molecule has 0 aliphatic rings. The predicted molar refractivity (Wildman–Crippen MR) is 37.7 cm³/mol. The van der Waals surface area contributed by atoms with E-state index >= 15 is 0 Å². The van der Waals surface area contributed by atoms with Crippen molar-refractivity contribution in [3.05, 3.63) is 0 Å². The molecular weight excluding hydrogens is 187 g/mol. The molecule has 2 N–H and O–H groups in total. The molecule has 0 amide bonds. The number of aliphatic carboxylic acids is 1. The maximum Gasteiger partial charge on any atom is 0.695 e. The second-order valence-corrected chi connectivity index (χ2v) is 2.68. The molecule has 0 bridgehead atoms. The Labute approximate surface area is 69.1 Å². The molecule has 0 rings (SSSR count). The first-order chi connectivity index (χ1) is 5.52. The van der Waals surface area contributed by atoms with E-state index in [1.165, 1.54) is 0 Å². The van der Waals surface area contributed by atoms with Crippen LogP contribution in [0.15, 0.2) is 0 Å². The quantitative estimate of drug-likeness (QED) is 0.582. The second kappa shape index (κ2) is 5.77. The third kappa shape index (κ3) is 7.27. The highest BCUT2D eigenvalue weighted by Crippen LogP contribution is 2.13. The number of carbonyl (C=O) groups is 2. The minimum Gasteiger partial charge on any atom is -0.481 e. The van der Waals surface area contributed by atoms with Crippen molar-refractivity contribution >= 4 is 20.0 Å². The van der Waals surface area contributed by atoms with Gasteiger partial charge in [0.1, 0.15) is 0 Å². The number of carbonyl (C=O) groups excluding carboxylic acids is 1. The van der Waals surface area contributed by atoms with Crippen molar-refractivity contribution in [1.82, 2.24) is 0 Å². The topological polar surface area (TPSA) is 101 Å². The zero-order valence-corrected chi connectivity index (χ0v) is 6.99. The molecular formula is C5H8O6P+. The maximum absolute atomic E-state index is 10.6. The average Bonchev–Trinajstić information content (AvgIpc) is 1.96. The molecule has 1 atom stereocenters. The van der Waals surface area contributed by atoms with Gasteiger partial charge in [-0.15, -0.1) is 9.42 Å². The van der Waals surface area contributed by atoms with E-state index in [9.17, 15) is 14.2 Å². The first-order valence-corrected chi connectivity index (χ1v) is 4.18. The fourth-order valence-corrected chi connectivity index (χ4v) is 0.700. The molecule has 0 aliphatic heterocycles. The third-order valence-corrected chi connectivity index (χ3v) is 1.30. The van der Waals surface area contributed by atoms with Crippen LogP contribution in [0.1, 0.15) is 12.8 Å². The van der Waals surface area contributed by atoms with E-state index in [1.54, 1.807) is 0 Å². The van der Waals surface area contributed by atoms with Gasteiger partial charge in [-0.25, -0.2) is 0 Å². The van der Waals surface area contributed by atoms with Gasteiger partial charge >= 0.3 is 14.2 Å². The Morgan fingerprint density at radius 3 is 2.33 bits per heavy atom. The molecule has 68 valence electrons. The van der Waals surface area contributed by atoms with Gasteiger partial charge in [0.05, 0.1) is 6.42 Å². The van der Waals surface area contributed by atoms with Crippen molar-refractivity contribution in [2.45, 2.75) is 12.8 Å². The lowest BCUT2D eigenvalue weighted by Gasteiger charge is -1.90. The van der Waals surface area contributed by atoms with Crippen molar-refractivity contribution in [2.75, 3.05) is 6.61 Å². The molecule has 0 saturated carbocycles. The summed E-state index contributed by atoms with van der Waals surface area (Å²) in [4.78, 5) is 28.7. The van der Waals surface area contributed by atoms with Crippen molar-refractivity contribution in [3.63, 3.8) is 0 Å². The SMILES string of the molecule is O=C(O)CCC(=O)CO[P+](=O)O. The standard InChI is InChI=1S/C5H7O6P/c6-4(1-2-5(7)8)3-11-12(9)10/h1-3H2,(H-,7,8,9,10)/p+1. The lowest BCUT2D eigenvalue weighted by atomic mass is 10.2. The van der Waals surface area contributed by atoms with E-state index in [4.69, 9.17) is 10.00 Å². The largest absolute Gasteiger partial charge is 0.695 e. The van der Waals surface area contributed by atoms with Crippen LogP contribution in [0.25, 0.3) is 0 Å². The maximum atomic E-state index is 10.6. The molecule has 0 aromatic carbocycles. The van der Waals surface area contributed by atoms with Gasteiger partial charge in [0.2, 0.25) is 0 Å². The van der Waals surface area contributed by atoms with Crippen LogP contribution < -0.4 is 0 Å². The molecule has 0 aliphatic carbocycles. The second-order valence-electron chi connectivity index (χ2n) is 1.94. The van der Waals surface area contributed by atoms with Crippen LogP contribution in [0.5, 0.6) is 0 Å². The predicted octanol–water partition coefficient (Wildman–Crippen LogP) is 0.0866. The summed E-state index contributed by atoms with van der Waals surface area (Å²) in [5.41, 5.74) is 0. The van der Waals surface area contributed by atoms with Crippen molar-refractivity contribution in [3.8, 4) is 0 Å². The molecule has 0 radical (unpaired) electrons. The highest BCUT2D eigenvalue weighted by molar-refractivity contribution is 7.32. The minimum atomic E-state index is -2.78. The molecule has 0 heterocycles. The highest BCUT2D eigenvalue weighted by atomic mass is 31.1. The van der Waals surface area contributed by atoms with Gasteiger partial charge in [0, 0.05) is 11.0 Å². The Hall–Kier alpha value is -0.840. The molecule has 0 fully saturated rings. The molecule has 0 aromatic rings. The Morgan fingerprint density at radius 2 is 1.92 bits per heavy atom. The van der Waals surface area contributed by atoms with Crippen LogP contribution in [0.4, 0.5) is 0 Å². The van der Waals surface area contributed by atoms with Crippen molar-refractivity contribution in [1.29, 1.82) is 0 Å². The average molecular weight is 195 g/mol. The van der Waals surface area contributed by atoms with E-state index in [2.05, 4.69) is 4.52 Å². The molecule has 12 heavy (non-hydrogen) atoms. The number of hydrogen-bond donors (Lipinski definition) is 2. The smallest absolute Gasteiger partial charge is 0.481 e. The number of carboxylic acid groups (broad SMARTS) is 1. The summed E-state index contributed by atoms with van der Waals surface area (Å²) in [7, 11) is -2.78. The molecule has 0 spiro atoms. The lowest BCUT2D eigenvalue weighted by Crippen LogP contribution is -2.08. The van der Waals surface area contributed by atoms with Crippen LogP contribution in [-0.4, -0.2) is 28.4 Å². The Balaban J connectivity index is 3.47. The summed E-state index contributed by atoms with van der Waals surface area (Å²) in [5.74, 6) is -1.59. The summed E-state index contributed by atoms with van der Waals surface area (Å²) < 4.78 is 14.0. The zero-order valence-electron chi connectivity index (χ0n) is 6.10. The molecule has 0 saturated heterocycles. The molecule has 0 aromatic heterocycles. The fourth-order valence-electron chi connectivity index (χ4n) is 0.446. The van der Waals surface area contributed by atoms with E-state index in [-0.39, 0.29) is 12.8 Å². The number of rotatable bonds is 6. The van der Waals surface area contributed by atoms with E-state index < -0.39 is 26.6 Å². The van der Waals surface area contributed by atoms with E-state index in [0.717, 1.165) is 0 Å². The van der Waals surface area contributed by atoms with Gasteiger partial charge in [-0.3, -0.25) is 9.59 Å². The minimum absolute atomic E-state index is 0.182. The fraction of sp³-hybridized carbons (Fsp3) is 0.600. The summed E-state index contributed by atoms with van der Waals surface area (Å²) in [6, 6.07) is 0. The van der Waals surface area contributed by atoms with Gasteiger partial charge in [-0.1, -0.05) is 0 Å². The summed E-state index contributed by atoms with van der Waals surface area (Å²) in [6.45, 7) is -0.515.